The maximum Gasteiger partial charge on any atom is 0.193 e. The van der Waals surface area contributed by atoms with Crippen molar-refractivity contribution in [3.05, 3.63) is 90.4 Å². The average molecular weight is 355 g/mol. The molecule has 0 aliphatic rings. The van der Waals surface area contributed by atoms with E-state index < -0.39 is 6.17 Å². The van der Waals surface area contributed by atoms with Crippen LogP contribution in [0.25, 0.3) is 27.8 Å². The van der Waals surface area contributed by atoms with E-state index in [0.29, 0.717) is 11.2 Å². The van der Waals surface area contributed by atoms with Crippen molar-refractivity contribution in [1.82, 2.24) is 24.8 Å². The van der Waals surface area contributed by atoms with Gasteiger partial charge >= 0.3 is 0 Å². The zero-order valence-corrected chi connectivity index (χ0v) is 14.2. The van der Waals surface area contributed by atoms with Gasteiger partial charge in [-0.05, 0) is 35.9 Å². The van der Waals surface area contributed by atoms with Crippen molar-refractivity contribution < 1.29 is 4.39 Å². The van der Waals surface area contributed by atoms with Gasteiger partial charge in [-0.25, -0.2) is 4.39 Å². The molecule has 0 fully saturated rings. The highest BCUT2D eigenvalue weighted by atomic mass is 19.1. The van der Waals surface area contributed by atoms with Gasteiger partial charge in [-0.15, -0.1) is 10.2 Å². The van der Waals surface area contributed by atoms with Crippen LogP contribution in [-0.2, 0) is 0 Å². The van der Waals surface area contributed by atoms with E-state index in [0.717, 1.165) is 22.2 Å². The lowest BCUT2D eigenvalue weighted by Gasteiger charge is -2.08. The summed E-state index contributed by atoms with van der Waals surface area (Å²) in [5, 5.41) is 13.5. The maximum absolute atomic E-state index is 15.3. The Hall–Kier alpha value is -3.67. The smallest absolute Gasteiger partial charge is 0.193 e. The third-order valence-electron chi connectivity index (χ3n) is 4.50. The summed E-state index contributed by atoms with van der Waals surface area (Å²) in [5.74, 6) is 0.158. The van der Waals surface area contributed by atoms with Crippen molar-refractivity contribution in [2.24, 2.45) is 0 Å². The molecule has 0 saturated carbocycles. The van der Waals surface area contributed by atoms with Gasteiger partial charge in [0.2, 0.25) is 0 Å². The van der Waals surface area contributed by atoms with Gasteiger partial charge in [-0.3, -0.25) is 4.98 Å². The molecule has 0 N–H and O–H groups in total. The molecular weight excluding hydrogens is 341 g/mol. The lowest BCUT2D eigenvalue weighted by atomic mass is 10.1. The fourth-order valence-electron chi connectivity index (χ4n) is 3.13. The third kappa shape index (κ3) is 2.71. The Balaban J connectivity index is 1.60. The first-order valence-electron chi connectivity index (χ1n) is 8.56. The second kappa shape index (κ2) is 6.25. The van der Waals surface area contributed by atoms with Gasteiger partial charge in [0.25, 0.3) is 0 Å². The standard InChI is InChI=1S/C21H14FN5/c22-20(16-8-9-17-15(13-16)7-4-12-23-17)21-25-24-19-11-10-18(26-27(19)21)14-5-2-1-3-6-14/h1-13,20H/t20-/m1/s1. The number of halogens is 1. The Labute approximate surface area is 154 Å². The molecule has 0 saturated heterocycles. The van der Waals surface area contributed by atoms with Crippen molar-refractivity contribution in [2.45, 2.75) is 6.17 Å². The second-order valence-electron chi connectivity index (χ2n) is 6.23. The number of hydrogen-bond acceptors (Lipinski definition) is 4. The Morgan fingerprint density at radius 1 is 0.852 bits per heavy atom. The highest BCUT2D eigenvalue weighted by Crippen LogP contribution is 2.28. The summed E-state index contributed by atoms with van der Waals surface area (Å²) in [6, 6.07) is 22.5. The quantitative estimate of drug-likeness (QED) is 0.481. The van der Waals surface area contributed by atoms with Gasteiger partial charge in [0.1, 0.15) is 0 Å². The minimum Gasteiger partial charge on any atom is -0.256 e. The first kappa shape index (κ1) is 15.6. The molecule has 3 heterocycles. The van der Waals surface area contributed by atoms with Crippen molar-refractivity contribution in [3.63, 3.8) is 0 Å². The minimum absolute atomic E-state index is 0.158. The summed E-state index contributed by atoms with van der Waals surface area (Å²) in [5.41, 5.74) is 3.51. The Morgan fingerprint density at radius 2 is 1.74 bits per heavy atom. The monoisotopic (exact) mass is 355 g/mol. The predicted molar refractivity (Wildman–Crippen MR) is 101 cm³/mol. The molecule has 0 aliphatic carbocycles. The van der Waals surface area contributed by atoms with E-state index in [-0.39, 0.29) is 5.82 Å². The van der Waals surface area contributed by atoms with Crippen LogP contribution in [0.1, 0.15) is 17.6 Å². The molecule has 0 spiro atoms. The van der Waals surface area contributed by atoms with E-state index in [2.05, 4.69) is 20.3 Å². The summed E-state index contributed by atoms with van der Waals surface area (Å²) in [6.07, 6.45) is 0.277. The van der Waals surface area contributed by atoms with E-state index in [1.54, 1.807) is 24.4 Å². The molecule has 0 radical (unpaired) electrons. The number of fused-ring (bicyclic) bond motifs is 2. The van der Waals surface area contributed by atoms with E-state index in [4.69, 9.17) is 0 Å². The summed E-state index contributed by atoms with van der Waals surface area (Å²) in [7, 11) is 0. The van der Waals surface area contributed by atoms with Crippen LogP contribution in [0.5, 0.6) is 0 Å². The molecular formula is C21H14FN5. The van der Waals surface area contributed by atoms with Gasteiger partial charge in [0.05, 0.1) is 11.2 Å². The SMILES string of the molecule is F[C@H](c1ccc2ncccc2c1)c1nnc2ccc(-c3ccccc3)nn12. The van der Waals surface area contributed by atoms with Crippen LogP contribution >= 0.6 is 0 Å². The van der Waals surface area contributed by atoms with Crippen LogP contribution < -0.4 is 0 Å². The second-order valence-corrected chi connectivity index (χ2v) is 6.23. The van der Waals surface area contributed by atoms with Crippen LogP contribution in [0.4, 0.5) is 4.39 Å². The molecule has 0 aliphatic heterocycles. The number of benzene rings is 2. The maximum atomic E-state index is 15.3. The molecule has 5 rings (SSSR count). The van der Waals surface area contributed by atoms with Crippen LogP contribution in [0.2, 0.25) is 0 Å². The lowest BCUT2D eigenvalue weighted by Crippen LogP contribution is -2.05. The number of nitrogens with zero attached hydrogens (tertiary/aromatic N) is 5. The summed E-state index contributed by atoms with van der Waals surface area (Å²) in [6.45, 7) is 0. The average Bonchev–Trinajstić information content (AvgIpc) is 3.16. The van der Waals surface area contributed by atoms with Crippen LogP contribution in [0.15, 0.2) is 79.0 Å². The summed E-state index contributed by atoms with van der Waals surface area (Å²) >= 11 is 0. The van der Waals surface area contributed by atoms with E-state index in [9.17, 15) is 0 Å². The lowest BCUT2D eigenvalue weighted by molar-refractivity contribution is 0.377. The highest BCUT2D eigenvalue weighted by Gasteiger charge is 2.21. The molecule has 130 valence electrons. The molecule has 1 atom stereocenters. The fraction of sp³-hybridized carbons (Fsp3) is 0.0476. The van der Waals surface area contributed by atoms with Crippen LogP contribution in [0, 0.1) is 0 Å². The third-order valence-corrected chi connectivity index (χ3v) is 4.50. The van der Waals surface area contributed by atoms with Crippen molar-refractivity contribution in [3.8, 4) is 11.3 Å². The highest BCUT2D eigenvalue weighted by molar-refractivity contribution is 5.79. The number of pyridine rings is 1. The van der Waals surface area contributed by atoms with Crippen molar-refractivity contribution in [1.29, 1.82) is 0 Å². The van der Waals surface area contributed by atoms with Crippen LogP contribution in [0.3, 0.4) is 0 Å². The number of alkyl halides is 1. The minimum atomic E-state index is -1.44. The molecule has 2 aromatic carbocycles. The van der Waals surface area contributed by atoms with E-state index in [1.165, 1.54) is 4.52 Å². The molecule has 27 heavy (non-hydrogen) atoms. The molecule has 0 amide bonds. The van der Waals surface area contributed by atoms with Gasteiger partial charge < -0.3 is 0 Å². The van der Waals surface area contributed by atoms with Crippen molar-refractivity contribution >= 4 is 16.6 Å². The fourth-order valence-corrected chi connectivity index (χ4v) is 3.13. The Kier molecular flexibility index (Phi) is 3.60. The first-order valence-corrected chi connectivity index (χ1v) is 8.56. The topological polar surface area (TPSA) is 56.0 Å². The zero-order valence-electron chi connectivity index (χ0n) is 14.2. The summed E-state index contributed by atoms with van der Waals surface area (Å²) < 4.78 is 16.8. The van der Waals surface area contributed by atoms with Gasteiger partial charge in [-0.2, -0.15) is 9.61 Å². The van der Waals surface area contributed by atoms with E-state index in [1.807, 2.05) is 54.6 Å². The van der Waals surface area contributed by atoms with Gasteiger partial charge in [0.15, 0.2) is 17.6 Å². The van der Waals surface area contributed by atoms with Gasteiger partial charge in [0, 0.05) is 17.1 Å². The van der Waals surface area contributed by atoms with Crippen LogP contribution in [-0.4, -0.2) is 24.8 Å². The Morgan fingerprint density at radius 3 is 2.63 bits per heavy atom. The molecule has 0 bridgehead atoms. The molecule has 0 unspecified atom stereocenters. The molecule has 5 nitrogen and oxygen atoms in total. The van der Waals surface area contributed by atoms with Gasteiger partial charge in [-0.1, -0.05) is 42.5 Å². The summed E-state index contributed by atoms with van der Waals surface area (Å²) in [4.78, 5) is 4.27. The normalized spacial score (nSPS) is 12.5. The van der Waals surface area contributed by atoms with Crippen molar-refractivity contribution in [2.75, 3.05) is 0 Å². The number of hydrogen-bond donors (Lipinski definition) is 0. The Bertz CT molecular complexity index is 1250. The number of aromatic nitrogens is 5. The molecule has 6 heteroatoms. The predicted octanol–water partition coefficient (Wildman–Crippen LogP) is 4.40. The number of rotatable bonds is 3. The largest absolute Gasteiger partial charge is 0.256 e. The molecule has 5 aromatic rings. The van der Waals surface area contributed by atoms with E-state index >= 15 is 4.39 Å². The first-order chi connectivity index (χ1) is 13.3. The zero-order chi connectivity index (χ0) is 18.2. The molecule has 3 aromatic heterocycles.